The topological polar surface area (TPSA) is 617 Å². The second-order valence-corrected chi connectivity index (χ2v) is 20.0. The van der Waals surface area contributed by atoms with E-state index < -0.39 is 120 Å². The maximum atomic E-state index is 14.1. The van der Waals surface area contributed by atoms with Crippen molar-refractivity contribution >= 4 is 94.7 Å². The highest BCUT2D eigenvalue weighted by atomic mass is 32.2. The summed E-state index contributed by atoms with van der Waals surface area (Å²) in [7, 11) is 0. The van der Waals surface area contributed by atoms with Crippen molar-refractivity contribution in [2.75, 3.05) is 44.8 Å². The minimum Gasteiger partial charge on any atom is -0.480 e. The number of carbonyl (C=O) groups is 10. The molecule has 9 atom stereocenters. The van der Waals surface area contributed by atoms with E-state index in [2.05, 4.69) is 62.5 Å². The Morgan fingerprint density at radius 1 is 0.432 bits per heavy atom. The van der Waals surface area contributed by atoms with Crippen molar-refractivity contribution in [1.82, 2.24) is 42.5 Å². The van der Waals surface area contributed by atoms with Crippen molar-refractivity contribution in [3.63, 3.8) is 0 Å². The predicted octanol–water partition coefficient (Wildman–Crippen LogP) is -8.43. The van der Waals surface area contributed by atoms with Crippen LogP contribution in [0.3, 0.4) is 0 Å². The molecule has 0 saturated carbocycles. The highest BCUT2D eigenvalue weighted by molar-refractivity contribution is 7.98. The number of nitrogens with two attached hydrogens (primary N) is 10. The molecule has 0 aromatic heterocycles. The largest absolute Gasteiger partial charge is 0.480 e. The summed E-state index contributed by atoms with van der Waals surface area (Å²) in [4.78, 5) is 149. The molecule has 81 heavy (non-hydrogen) atoms. The van der Waals surface area contributed by atoms with E-state index in [1.165, 1.54) is 18.7 Å². The fourth-order valence-electron chi connectivity index (χ4n) is 7.23. The summed E-state index contributed by atoms with van der Waals surface area (Å²) >= 11 is 1.32. The van der Waals surface area contributed by atoms with E-state index in [0.717, 1.165) is 0 Å². The first-order valence-electron chi connectivity index (χ1n) is 26.0. The number of thioether (sulfide) groups is 1. The number of primary amides is 1. The minimum absolute atomic E-state index is 0.00551. The van der Waals surface area contributed by atoms with Gasteiger partial charge in [0.25, 0.3) is 0 Å². The van der Waals surface area contributed by atoms with E-state index >= 15 is 0 Å². The molecule has 0 saturated heterocycles. The molecule has 0 aromatic rings. The molecule has 30 N–H and O–H groups in total. The third kappa shape index (κ3) is 33.3. The third-order valence-electron chi connectivity index (χ3n) is 11.5. The first-order chi connectivity index (χ1) is 38.0. The standard InChI is InChI=1S/C46H88N22O12S/c1-23(2)21-31(40(77)68-32(22-69)41(78)66-30(42(79)80)12-8-19-60-46(55)56)67-37(74)27(11-7-18-59-45(53)54)65-39(76)29(15-20-81-4)62-34(71)24(3)61-36(73)26(10-6-17-58-44(51)52)64-38(75)28(13-14-33(48)70)63-35(72)25(47)9-5-16-57-43(49)50/h23-32,69H,5-22,47H2,1-4H3,(H2,48,70)(H,61,73)(H,62,71)(H,63,72)(H,64,75)(H,65,76)(H,66,78)(H,67,74)(H,68,77)(H,79,80)(H4,49,50,57)(H4,51,52,58)(H4,53,54,59)(H4,55,56,60)/t24-,25-,26-,27-,28-,29-,30-,31-,32-/m0/s1. The lowest BCUT2D eigenvalue weighted by molar-refractivity contribution is -0.143. The normalized spacial score (nSPS) is 14.2. The molecule has 460 valence electrons. The zero-order valence-electron chi connectivity index (χ0n) is 46.4. The van der Waals surface area contributed by atoms with Crippen LogP contribution >= 0.6 is 11.8 Å². The number of nitrogens with zero attached hydrogens (tertiary/aromatic N) is 4. The molecule has 35 heteroatoms. The number of aliphatic hydroxyl groups excluding tert-OH is 1. The summed E-state index contributed by atoms with van der Waals surface area (Å²) in [5, 5.41) is 39.8. The number of hydrogen-bond acceptors (Lipinski definition) is 17. The Kier molecular flexibility index (Phi) is 36.3. The Labute approximate surface area is 474 Å². The third-order valence-corrected chi connectivity index (χ3v) is 12.1. The number of carbonyl (C=O) groups excluding carboxylic acids is 9. The van der Waals surface area contributed by atoms with Crippen LogP contribution in [-0.2, 0) is 47.9 Å². The van der Waals surface area contributed by atoms with E-state index in [9.17, 15) is 58.2 Å². The number of rotatable bonds is 42. The molecule has 0 aliphatic heterocycles. The fourth-order valence-corrected chi connectivity index (χ4v) is 7.70. The van der Waals surface area contributed by atoms with Crippen LogP contribution in [0.15, 0.2) is 20.0 Å². The Hall–Kier alpha value is -7.95. The predicted molar refractivity (Wildman–Crippen MR) is 304 cm³/mol. The molecule has 0 heterocycles. The monoisotopic (exact) mass is 1170 g/mol. The molecular weight excluding hydrogens is 1080 g/mol. The van der Waals surface area contributed by atoms with Crippen LogP contribution in [0, 0.1) is 5.92 Å². The molecule has 0 rings (SSSR count). The van der Waals surface area contributed by atoms with Crippen LogP contribution in [0.1, 0.15) is 97.8 Å². The Balaban J connectivity index is 6.61. The van der Waals surface area contributed by atoms with Gasteiger partial charge in [0, 0.05) is 32.6 Å². The van der Waals surface area contributed by atoms with Crippen molar-refractivity contribution in [1.29, 1.82) is 0 Å². The zero-order chi connectivity index (χ0) is 61.8. The van der Waals surface area contributed by atoms with Gasteiger partial charge in [-0.25, -0.2) is 4.79 Å². The molecule has 0 bridgehead atoms. The number of carboxylic acids is 1. The highest BCUT2D eigenvalue weighted by Gasteiger charge is 2.34. The lowest BCUT2D eigenvalue weighted by atomic mass is 10.0. The number of carboxylic acid groups (broad SMARTS) is 1. The molecule has 34 nitrogen and oxygen atoms in total. The molecule has 0 fully saturated rings. The van der Waals surface area contributed by atoms with E-state index in [-0.39, 0.29) is 127 Å². The summed E-state index contributed by atoms with van der Waals surface area (Å²) in [6.45, 7) is 4.07. The van der Waals surface area contributed by atoms with Gasteiger partial charge in [0.15, 0.2) is 23.8 Å². The Bertz CT molecular complexity index is 2190. The van der Waals surface area contributed by atoms with Gasteiger partial charge in [0.05, 0.1) is 12.6 Å². The molecule has 0 aromatic carbocycles. The second kappa shape index (κ2) is 40.3. The first kappa shape index (κ1) is 73.0. The lowest BCUT2D eigenvalue weighted by Crippen LogP contribution is -2.60. The quantitative estimate of drug-likeness (QED) is 0.0153. The van der Waals surface area contributed by atoms with Gasteiger partial charge >= 0.3 is 5.97 Å². The maximum absolute atomic E-state index is 14.1. The van der Waals surface area contributed by atoms with Crippen molar-refractivity contribution in [3.8, 4) is 0 Å². The van der Waals surface area contributed by atoms with Crippen molar-refractivity contribution < 1.29 is 58.2 Å². The summed E-state index contributed by atoms with van der Waals surface area (Å²) in [5.41, 5.74) is 54.6. The summed E-state index contributed by atoms with van der Waals surface area (Å²) in [6, 6.07) is -12.5. The smallest absolute Gasteiger partial charge is 0.326 e. The van der Waals surface area contributed by atoms with Crippen molar-refractivity contribution in [3.05, 3.63) is 0 Å². The van der Waals surface area contributed by atoms with Crippen molar-refractivity contribution in [2.24, 2.45) is 83.2 Å². The average molecular weight is 1170 g/mol. The minimum atomic E-state index is -1.66. The summed E-state index contributed by atoms with van der Waals surface area (Å²) in [6.07, 6.45) is 1.59. The van der Waals surface area contributed by atoms with Crippen LogP contribution in [0.4, 0.5) is 0 Å². The van der Waals surface area contributed by atoms with Gasteiger partial charge in [-0.3, -0.25) is 63.1 Å². The van der Waals surface area contributed by atoms with E-state index in [0.29, 0.717) is 12.2 Å². The average Bonchev–Trinajstić information content (AvgIpc) is 3.39. The molecule has 0 unspecified atom stereocenters. The van der Waals surface area contributed by atoms with E-state index in [1.54, 1.807) is 20.1 Å². The number of guanidine groups is 4. The van der Waals surface area contributed by atoms with Crippen LogP contribution < -0.4 is 99.9 Å². The fraction of sp³-hybridized carbons (Fsp3) is 0.696. The van der Waals surface area contributed by atoms with Gasteiger partial charge in [-0.15, -0.1) is 0 Å². The SMILES string of the molecule is CSCC[C@H](NC(=O)[C@H](C)NC(=O)[C@H](CCCN=C(N)N)NC(=O)[C@H](CCC(N)=O)NC(=O)[C@@H](N)CCCN=C(N)N)C(=O)N[C@@H](CCCN=C(N)N)C(=O)N[C@@H](CC(C)C)C(=O)N[C@@H](CO)C(=O)N[C@@H](CCCN=C(N)N)C(=O)O. The number of aliphatic carboxylic acids is 1. The van der Waals surface area contributed by atoms with E-state index in [4.69, 9.17) is 57.3 Å². The summed E-state index contributed by atoms with van der Waals surface area (Å²) in [5.74, 6) is -10.2. The van der Waals surface area contributed by atoms with E-state index in [1.807, 2.05) is 0 Å². The molecule has 0 aliphatic carbocycles. The van der Waals surface area contributed by atoms with Gasteiger partial charge in [-0.05, 0) is 95.5 Å². The summed E-state index contributed by atoms with van der Waals surface area (Å²) < 4.78 is 0. The second-order valence-electron chi connectivity index (χ2n) is 19.0. The molecular formula is C46H88N22O12S. The number of nitrogens with one attached hydrogen (secondary N) is 8. The van der Waals surface area contributed by atoms with Gasteiger partial charge in [-0.2, -0.15) is 11.8 Å². The van der Waals surface area contributed by atoms with Gasteiger partial charge in [-0.1, -0.05) is 13.8 Å². The Morgan fingerprint density at radius 2 is 0.765 bits per heavy atom. The number of aliphatic imine (C=N–C) groups is 4. The van der Waals surface area contributed by atoms with Crippen molar-refractivity contribution in [2.45, 2.75) is 152 Å². The maximum Gasteiger partial charge on any atom is 0.326 e. The number of amides is 9. The highest BCUT2D eigenvalue weighted by Crippen LogP contribution is 2.11. The van der Waals surface area contributed by atoms with Gasteiger partial charge in [0.1, 0.15) is 48.3 Å². The molecule has 0 spiro atoms. The Morgan fingerprint density at radius 3 is 1.17 bits per heavy atom. The van der Waals surface area contributed by atoms with Gasteiger partial charge in [0.2, 0.25) is 53.2 Å². The zero-order valence-corrected chi connectivity index (χ0v) is 47.3. The molecule has 9 amide bonds. The van der Waals surface area contributed by atoms with Crippen LogP contribution in [-0.4, -0.2) is 192 Å². The molecule has 0 aliphatic rings. The lowest BCUT2D eigenvalue weighted by Gasteiger charge is -2.28. The van der Waals surface area contributed by atoms with Gasteiger partial charge < -0.3 is 110 Å². The van der Waals surface area contributed by atoms with Crippen LogP contribution in [0.25, 0.3) is 0 Å². The number of hydrogen-bond donors (Lipinski definition) is 20. The molecule has 0 radical (unpaired) electrons. The van der Waals surface area contributed by atoms with Crippen LogP contribution in [0.5, 0.6) is 0 Å². The number of aliphatic hydroxyl groups is 1. The first-order valence-corrected chi connectivity index (χ1v) is 27.4. The van der Waals surface area contributed by atoms with Crippen LogP contribution in [0.2, 0.25) is 0 Å².